The molecule has 0 fully saturated rings. The molecule has 1 heterocycles. The Balaban J connectivity index is 2.02. The maximum atomic E-state index is 11.0. The molecule has 2 aromatic carbocycles. The number of carboxylic acid groups (broad SMARTS) is 1. The molecule has 4 nitrogen and oxygen atoms in total. The van der Waals surface area contributed by atoms with Crippen LogP contribution < -0.4 is 5.73 Å². The third-order valence-electron chi connectivity index (χ3n) is 3.48. The number of nitrogens with zero attached hydrogens (tertiary/aromatic N) is 1. The highest BCUT2D eigenvalue weighted by Crippen LogP contribution is 2.23. The van der Waals surface area contributed by atoms with Crippen LogP contribution in [0.4, 0.5) is 0 Å². The molecule has 1 atom stereocenters. The number of hydrogen-bond acceptors (Lipinski definition) is 3. The average Bonchev–Trinajstić information content (AvgIpc) is 2.54. The molecule has 1 unspecified atom stereocenters. The van der Waals surface area contributed by atoms with Crippen LogP contribution in [0.1, 0.15) is 27.7 Å². The molecule has 21 heavy (non-hydrogen) atoms. The Hall–Kier alpha value is -2.72. The number of nitrogens with two attached hydrogens (primary N) is 1. The predicted molar refractivity (Wildman–Crippen MR) is 81.2 cm³/mol. The van der Waals surface area contributed by atoms with Gasteiger partial charge in [0, 0.05) is 6.20 Å². The summed E-state index contributed by atoms with van der Waals surface area (Å²) in [5.74, 6) is -0.925. The van der Waals surface area contributed by atoms with E-state index in [9.17, 15) is 4.79 Å². The SMILES string of the molecule is NC(c1ccc2cc(C(=O)O)ccc2c1)c1ccccn1. The molecule has 0 spiro atoms. The summed E-state index contributed by atoms with van der Waals surface area (Å²) in [5.41, 5.74) is 8.26. The van der Waals surface area contributed by atoms with Gasteiger partial charge in [0.2, 0.25) is 0 Å². The molecule has 3 rings (SSSR count). The topological polar surface area (TPSA) is 76.2 Å². The van der Waals surface area contributed by atoms with Crippen LogP contribution in [0.3, 0.4) is 0 Å². The van der Waals surface area contributed by atoms with E-state index < -0.39 is 5.97 Å². The number of aromatic carboxylic acids is 1. The Kier molecular flexibility index (Phi) is 3.38. The molecule has 0 bridgehead atoms. The zero-order valence-corrected chi connectivity index (χ0v) is 11.2. The van der Waals surface area contributed by atoms with E-state index in [4.69, 9.17) is 10.8 Å². The zero-order chi connectivity index (χ0) is 14.8. The van der Waals surface area contributed by atoms with Crippen molar-refractivity contribution >= 4 is 16.7 Å². The lowest BCUT2D eigenvalue weighted by molar-refractivity contribution is 0.0697. The molecule has 0 aliphatic heterocycles. The zero-order valence-electron chi connectivity index (χ0n) is 11.2. The van der Waals surface area contributed by atoms with Crippen LogP contribution in [0.2, 0.25) is 0 Å². The van der Waals surface area contributed by atoms with Crippen LogP contribution >= 0.6 is 0 Å². The van der Waals surface area contributed by atoms with Gasteiger partial charge in [0.1, 0.15) is 0 Å². The highest BCUT2D eigenvalue weighted by molar-refractivity contribution is 5.94. The minimum absolute atomic E-state index is 0.282. The van der Waals surface area contributed by atoms with Crippen molar-refractivity contribution in [2.24, 2.45) is 5.73 Å². The first-order chi connectivity index (χ1) is 10.1. The highest BCUT2D eigenvalue weighted by atomic mass is 16.4. The smallest absolute Gasteiger partial charge is 0.335 e. The van der Waals surface area contributed by atoms with E-state index in [0.29, 0.717) is 0 Å². The van der Waals surface area contributed by atoms with Gasteiger partial charge in [-0.15, -0.1) is 0 Å². The molecule has 4 heteroatoms. The van der Waals surface area contributed by atoms with Crippen molar-refractivity contribution in [1.82, 2.24) is 4.98 Å². The van der Waals surface area contributed by atoms with Crippen molar-refractivity contribution in [3.63, 3.8) is 0 Å². The van der Waals surface area contributed by atoms with E-state index in [1.165, 1.54) is 0 Å². The van der Waals surface area contributed by atoms with Gasteiger partial charge in [-0.3, -0.25) is 4.98 Å². The van der Waals surface area contributed by atoms with E-state index in [1.54, 1.807) is 24.4 Å². The maximum absolute atomic E-state index is 11.0. The predicted octanol–water partition coefficient (Wildman–Crippen LogP) is 2.98. The average molecular weight is 278 g/mol. The van der Waals surface area contributed by atoms with Crippen LogP contribution in [0.25, 0.3) is 10.8 Å². The van der Waals surface area contributed by atoms with Gasteiger partial charge in [0.05, 0.1) is 17.3 Å². The monoisotopic (exact) mass is 278 g/mol. The largest absolute Gasteiger partial charge is 0.478 e. The number of carboxylic acids is 1. The van der Waals surface area contributed by atoms with Crippen molar-refractivity contribution in [2.45, 2.75) is 6.04 Å². The van der Waals surface area contributed by atoms with Crippen molar-refractivity contribution in [3.8, 4) is 0 Å². The second-order valence-corrected chi connectivity index (χ2v) is 4.86. The molecule has 0 aliphatic carbocycles. The lowest BCUT2D eigenvalue weighted by atomic mass is 9.99. The standard InChI is InChI=1S/C17H14N2O2/c18-16(15-3-1-2-8-19-15)13-6-4-12-10-14(17(20)21)7-5-11(12)9-13/h1-10,16H,18H2,(H,20,21). The Labute approximate surface area is 121 Å². The normalized spacial score (nSPS) is 12.2. The summed E-state index contributed by atoms with van der Waals surface area (Å²) < 4.78 is 0. The van der Waals surface area contributed by atoms with Crippen molar-refractivity contribution < 1.29 is 9.90 Å². The molecular formula is C17H14N2O2. The van der Waals surface area contributed by atoms with Gasteiger partial charge in [-0.05, 0) is 46.7 Å². The number of aromatic nitrogens is 1. The number of hydrogen-bond donors (Lipinski definition) is 2. The summed E-state index contributed by atoms with van der Waals surface area (Å²) in [5, 5.41) is 10.9. The third-order valence-corrected chi connectivity index (χ3v) is 3.48. The second kappa shape index (κ2) is 5.34. The summed E-state index contributed by atoms with van der Waals surface area (Å²) >= 11 is 0. The number of benzene rings is 2. The van der Waals surface area contributed by atoms with E-state index in [1.807, 2.05) is 36.4 Å². The fourth-order valence-electron chi connectivity index (χ4n) is 2.32. The second-order valence-electron chi connectivity index (χ2n) is 4.86. The van der Waals surface area contributed by atoms with E-state index in [-0.39, 0.29) is 11.6 Å². The number of rotatable bonds is 3. The Morgan fingerprint density at radius 2 is 1.81 bits per heavy atom. The molecule has 0 amide bonds. The number of fused-ring (bicyclic) bond motifs is 1. The van der Waals surface area contributed by atoms with Crippen LogP contribution in [0.5, 0.6) is 0 Å². The summed E-state index contributed by atoms with van der Waals surface area (Å²) in [6.45, 7) is 0. The van der Waals surface area contributed by atoms with Gasteiger partial charge in [0.15, 0.2) is 0 Å². The Morgan fingerprint density at radius 1 is 1.05 bits per heavy atom. The lowest BCUT2D eigenvalue weighted by Gasteiger charge is -2.12. The molecule has 0 aliphatic rings. The van der Waals surface area contributed by atoms with Gasteiger partial charge in [-0.2, -0.15) is 0 Å². The van der Waals surface area contributed by atoms with Crippen molar-refractivity contribution in [1.29, 1.82) is 0 Å². The third kappa shape index (κ3) is 2.61. The molecule has 0 saturated heterocycles. The summed E-state index contributed by atoms with van der Waals surface area (Å²) in [7, 11) is 0. The summed E-state index contributed by atoms with van der Waals surface area (Å²) in [6, 6.07) is 16.2. The molecule has 3 N–H and O–H groups in total. The number of pyridine rings is 1. The van der Waals surface area contributed by atoms with Gasteiger partial charge in [0.25, 0.3) is 0 Å². The molecular weight excluding hydrogens is 264 g/mol. The first-order valence-electron chi connectivity index (χ1n) is 6.58. The van der Waals surface area contributed by atoms with E-state index in [2.05, 4.69) is 4.98 Å². The minimum atomic E-state index is -0.925. The van der Waals surface area contributed by atoms with E-state index in [0.717, 1.165) is 22.0 Å². The molecule has 0 saturated carbocycles. The lowest BCUT2D eigenvalue weighted by Crippen LogP contribution is -2.13. The molecule has 3 aromatic rings. The van der Waals surface area contributed by atoms with Gasteiger partial charge in [-0.1, -0.05) is 24.3 Å². The van der Waals surface area contributed by atoms with E-state index >= 15 is 0 Å². The van der Waals surface area contributed by atoms with Gasteiger partial charge < -0.3 is 10.8 Å². The molecule has 104 valence electrons. The fraction of sp³-hybridized carbons (Fsp3) is 0.0588. The van der Waals surface area contributed by atoms with Crippen LogP contribution in [-0.2, 0) is 0 Å². The summed E-state index contributed by atoms with van der Waals surface area (Å²) in [4.78, 5) is 15.2. The van der Waals surface area contributed by atoms with Crippen molar-refractivity contribution in [3.05, 3.63) is 77.6 Å². The summed E-state index contributed by atoms with van der Waals surface area (Å²) in [6.07, 6.45) is 1.72. The van der Waals surface area contributed by atoms with Crippen LogP contribution in [-0.4, -0.2) is 16.1 Å². The Morgan fingerprint density at radius 3 is 2.52 bits per heavy atom. The van der Waals surface area contributed by atoms with Crippen LogP contribution in [0, 0.1) is 0 Å². The van der Waals surface area contributed by atoms with Gasteiger partial charge in [-0.25, -0.2) is 4.79 Å². The van der Waals surface area contributed by atoms with Gasteiger partial charge >= 0.3 is 5.97 Å². The maximum Gasteiger partial charge on any atom is 0.335 e. The first-order valence-corrected chi connectivity index (χ1v) is 6.58. The van der Waals surface area contributed by atoms with Crippen molar-refractivity contribution in [2.75, 3.05) is 0 Å². The minimum Gasteiger partial charge on any atom is -0.478 e. The Bertz CT molecular complexity index is 800. The molecule has 0 radical (unpaired) electrons. The first kappa shape index (κ1) is 13.3. The fourth-order valence-corrected chi connectivity index (χ4v) is 2.32. The van der Waals surface area contributed by atoms with Crippen LogP contribution in [0.15, 0.2) is 60.8 Å². The quantitative estimate of drug-likeness (QED) is 0.772. The highest BCUT2D eigenvalue weighted by Gasteiger charge is 2.11. The molecule has 1 aromatic heterocycles. The number of carbonyl (C=O) groups is 1.